The molecule has 0 fully saturated rings. The quantitative estimate of drug-likeness (QED) is 0.408. The molecular formula is C15H26NRu. The molecule has 99 valence electrons. The molecule has 0 bridgehead atoms. The van der Waals surface area contributed by atoms with E-state index in [-0.39, 0.29) is 33.1 Å². The Morgan fingerprint density at radius 1 is 0.882 bits per heavy atom. The summed E-state index contributed by atoms with van der Waals surface area (Å²) < 4.78 is 0. The summed E-state index contributed by atoms with van der Waals surface area (Å²) in [5, 5.41) is 0. The second-order valence-electron chi connectivity index (χ2n) is 2.10. The number of allylic oxidation sites excluding steroid dienone is 8. The molecule has 1 radical (unpaired) electrons. The van der Waals surface area contributed by atoms with Crippen LogP contribution < -0.4 is 0 Å². The van der Waals surface area contributed by atoms with Gasteiger partial charge in [-0.05, 0) is 6.42 Å². The van der Waals surface area contributed by atoms with Gasteiger partial charge >= 0.3 is 19.5 Å². The topological polar surface area (TPSA) is 33.5 Å². The Morgan fingerprint density at radius 2 is 1.35 bits per heavy atom. The molecule has 0 saturated carbocycles. The van der Waals surface area contributed by atoms with E-state index in [0.29, 0.717) is 0 Å². The van der Waals surface area contributed by atoms with Crippen LogP contribution in [0.1, 0.15) is 26.7 Å². The molecule has 0 aromatic rings. The summed E-state index contributed by atoms with van der Waals surface area (Å²) in [6.07, 6.45) is 19.5. The Morgan fingerprint density at radius 3 is 1.47 bits per heavy atom. The van der Waals surface area contributed by atoms with E-state index in [4.69, 9.17) is 0 Å². The summed E-state index contributed by atoms with van der Waals surface area (Å²) in [4.78, 5) is 0. The van der Waals surface area contributed by atoms with Crippen molar-refractivity contribution in [1.29, 1.82) is 0 Å². The van der Waals surface area contributed by atoms with Crippen LogP contribution in [0.5, 0.6) is 0 Å². The van der Waals surface area contributed by atoms with Crippen molar-refractivity contribution in [3.63, 3.8) is 0 Å². The van der Waals surface area contributed by atoms with Gasteiger partial charge in [0.25, 0.3) is 0 Å². The molecular weight excluding hydrogens is 295 g/mol. The summed E-state index contributed by atoms with van der Waals surface area (Å²) in [6, 6.07) is 0. The molecule has 2 N–H and O–H groups in total. The Bertz CT molecular complexity index is 149. The molecule has 0 aromatic carbocycles. The Hall–Kier alpha value is -0.457. The van der Waals surface area contributed by atoms with Crippen LogP contribution in [0.15, 0.2) is 42.5 Å². The molecule has 0 atom stereocenters. The summed E-state index contributed by atoms with van der Waals surface area (Å²) in [7, 11) is 0. The van der Waals surface area contributed by atoms with E-state index in [2.05, 4.69) is 50.3 Å². The maximum absolute atomic E-state index is 3.25. The maximum atomic E-state index is 3.25. The first-order valence-electron chi connectivity index (χ1n) is 4.95. The van der Waals surface area contributed by atoms with Gasteiger partial charge in [0.1, 0.15) is 0 Å². The molecule has 0 spiro atoms. The van der Waals surface area contributed by atoms with E-state index >= 15 is 0 Å². The van der Waals surface area contributed by atoms with Gasteiger partial charge in [-0.1, -0.05) is 24.3 Å². The fourth-order valence-corrected chi connectivity index (χ4v) is 0.733. The van der Waals surface area contributed by atoms with E-state index < -0.39 is 0 Å². The van der Waals surface area contributed by atoms with Crippen molar-refractivity contribution in [2.24, 2.45) is 0 Å². The van der Waals surface area contributed by atoms with Gasteiger partial charge in [0.05, 0.1) is 0 Å². The minimum Gasteiger partial charge on any atom is -0.693 e. The SMILES string of the molecule is C1=CCC=C1.[C-]1=CC=CC1.[CH2-]C.[CH2-]C.[CH3-].[NH2-].[Ru+5]. The number of hydrogen-bond donors (Lipinski definition) is 0. The second-order valence-corrected chi connectivity index (χ2v) is 2.10. The van der Waals surface area contributed by atoms with Gasteiger partial charge in [0.15, 0.2) is 0 Å². The molecule has 17 heavy (non-hydrogen) atoms. The summed E-state index contributed by atoms with van der Waals surface area (Å²) in [6.45, 7) is 10.0. The molecule has 2 aliphatic rings. The monoisotopic (exact) mass is 322 g/mol. The van der Waals surface area contributed by atoms with Crippen molar-refractivity contribution < 1.29 is 19.5 Å². The van der Waals surface area contributed by atoms with Crippen LogP contribution in [0.3, 0.4) is 0 Å². The average molecular weight is 321 g/mol. The molecule has 2 heteroatoms. The third-order valence-electron chi connectivity index (χ3n) is 1.24. The summed E-state index contributed by atoms with van der Waals surface area (Å²) >= 11 is 0. The first-order valence-corrected chi connectivity index (χ1v) is 4.95. The first kappa shape index (κ1) is 30.0. The predicted molar refractivity (Wildman–Crippen MR) is 78.2 cm³/mol. The Kier molecular flexibility index (Phi) is 63.7. The van der Waals surface area contributed by atoms with Crippen molar-refractivity contribution in [2.75, 3.05) is 0 Å². The summed E-state index contributed by atoms with van der Waals surface area (Å²) in [5.41, 5.74) is 0. The van der Waals surface area contributed by atoms with Gasteiger partial charge in [0.2, 0.25) is 0 Å². The predicted octanol–water partition coefficient (Wildman–Crippen LogP) is 5.65. The summed E-state index contributed by atoms with van der Waals surface area (Å²) in [5.74, 6) is 0. The van der Waals surface area contributed by atoms with Gasteiger partial charge in [0, 0.05) is 0 Å². The zero-order chi connectivity index (χ0) is 11.1. The number of rotatable bonds is 0. The van der Waals surface area contributed by atoms with Gasteiger partial charge < -0.3 is 27.4 Å². The minimum atomic E-state index is 0. The van der Waals surface area contributed by atoms with Crippen molar-refractivity contribution in [1.82, 2.24) is 0 Å². The van der Waals surface area contributed by atoms with Crippen LogP contribution in [0.25, 0.3) is 6.15 Å². The largest absolute Gasteiger partial charge is 5.00 e. The molecule has 0 heterocycles. The average Bonchev–Trinajstić information content (AvgIpc) is 3.01. The second kappa shape index (κ2) is 36.1. The maximum Gasteiger partial charge on any atom is 5.00 e. The minimum absolute atomic E-state index is 0. The van der Waals surface area contributed by atoms with Crippen LogP contribution in [-0.4, -0.2) is 0 Å². The number of nitrogens with two attached hydrogens (primary N) is 1. The molecule has 2 aliphatic carbocycles. The van der Waals surface area contributed by atoms with E-state index in [1.807, 2.05) is 12.2 Å². The fraction of sp³-hybridized carbons (Fsp3) is 0.267. The van der Waals surface area contributed by atoms with Crippen molar-refractivity contribution in [2.45, 2.75) is 26.7 Å². The molecule has 0 aromatic heterocycles. The Balaban J connectivity index is -0.0000000387. The van der Waals surface area contributed by atoms with Crippen molar-refractivity contribution in [3.05, 3.63) is 76.0 Å². The van der Waals surface area contributed by atoms with Crippen LogP contribution >= 0.6 is 0 Å². The number of hydrogen-bond acceptors (Lipinski definition) is 0. The molecule has 1 nitrogen and oxygen atoms in total. The molecule has 0 amide bonds. The standard InChI is InChI=1S/C5H6.C5H5.2C2H5.CH3.H2N.Ru/c2*1-2-4-5-3-1;2*1-2;;;/h1-4H,5H2;1-3H,4H2;2*1H2,2H3;1H3;1H2;/q;5*-1;+5. The van der Waals surface area contributed by atoms with E-state index in [1.165, 1.54) is 0 Å². The van der Waals surface area contributed by atoms with Crippen LogP contribution in [-0.2, 0) is 19.5 Å². The normalized spacial score (nSPS) is 11.1. The van der Waals surface area contributed by atoms with Gasteiger partial charge in [-0.3, -0.25) is 6.08 Å². The first-order chi connectivity index (χ1) is 7.00. The molecule has 2 rings (SSSR count). The van der Waals surface area contributed by atoms with Gasteiger partial charge in [-0.15, -0.1) is 6.42 Å². The smallest absolute Gasteiger partial charge is 0.693 e. The van der Waals surface area contributed by atoms with Crippen LogP contribution in [0, 0.1) is 27.4 Å². The van der Waals surface area contributed by atoms with Gasteiger partial charge in [-0.2, -0.15) is 19.9 Å². The third kappa shape index (κ3) is 31.3. The zero-order valence-electron chi connectivity index (χ0n) is 11.3. The van der Waals surface area contributed by atoms with Crippen molar-refractivity contribution >= 4 is 0 Å². The van der Waals surface area contributed by atoms with E-state index in [9.17, 15) is 0 Å². The van der Waals surface area contributed by atoms with Crippen LogP contribution in [0.4, 0.5) is 0 Å². The van der Waals surface area contributed by atoms with E-state index in [1.54, 1.807) is 13.8 Å². The van der Waals surface area contributed by atoms with Gasteiger partial charge in [-0.25, -0.2) is 12.2 Å². The third-order valence-corrected chi connectivity index (χ3v) is 1.24. The van der Waals surface area contributed by atoms with Crippen LogP contribution in [0.2, 0.25) is 0 Å². The van der Waals surface area contributed by atoms with Crippen molar-refractivity contribution in [3.8, 4) is 0 Å². The molecule has 0 unspecified atom stereocenters. The Labute approximate surface area is 122 Å². The molecule has 0 saturated heterocycles. The molecule has 0 aliphatic heterocycles. The van der Waals surface area contributed by atoms with E-state index in [0.717, 1.165) is 12.8 Å². The fourth-order valence-electron chi connectivity index (χ4n) is 0.733. The zero-order valence-corrected chi connectivity index (χ0v) is 13.0.